The highest BCUT2D eigenvalue weighted by Crippen LogP contribution is 2.30. The van der Waals surface area contributed by atoms with E-state index in [1.54, 1.807) is 0 Å². The lowest BCUT2D eigenvalue weighted by molar-refractivity contribution is -0.536. The van der Waals surface area contributed by atoms with Crippen LogP contribution in [-0.2, 0) is 11.3 Å². The summed E-state index contributed by atoms with van der Waals surface area (Å²) in [4.78, 5) is 14.2. The van der Waals surface area contributed by atoms with Crippen LogP contribution < -0.4 is 5.32 Å². The molecule has 4 nitrogen and oxygen atoms in total. The molecule has 0 aromatic heterocycles. The summed E-state index contributed by atoms with van der Waals surface area (Å²) < 4.78 is 2.08. The maximum Gasteiger partial charge on any atom is 0.238 e. The quantitative estimate of drug-likeness (QED) is 0.797. The highest BCUT2D eigenvalue weighted by Gasteiger charge is 2.47. The lowest BCUT2D eigenvalue weighted by Gasteiger charge is -2.39. The van der Waals surface area contributed by atoms with Crippen molar-refractivity contribution in [2.24, 2.45) is 0 Å². The number of nitrogens with zero attached hydrogens (tertiary/aromatic N) is 2. The van der Waals surface area contributed by atoms with E-state index < -0.39 is 0 Å². The van der Waals surface area contributed by atoms with Crippen LogP contribution in [0.15, 0.2) is 30.3 Å². The Balaban J connectivity index is 1.81. The number of carbonyl (C=O) groups excluding carboxylic acids is 1. The number of amides is 1. The maximum atomic E-state index is 12.2. The molecular weight excluding hydrogens is 238 g/mol. The van der Waals surface area contributed by atoms with Gasteiger partial charge in [0.05, 0.1) is 6.54 Å². The molecule has 1 aromatic carbocycles. The third kappa shape index (κ3) is 2.28. The fraction of sp³-hybridized carbons (Fsp3) is 0.467. The zero-order valence-corrected chi connectivity index (χ0v) is 11.1. The van der Waals surface area contributed by atoms with Gasteiger partial charge in [0, 0.05) is 19.4 Å². The highest BCUT2D eigenvalue weighted by molar-refractivity contribution is 5.81. The fourth-order valence-electron chi connectivity index (χ4n) is 3.04. The fourth-order valence-corrected chi connectivity index (χ4v) is 3.04. The minimum Gasteiger partial charge on any atom is -0.318 e. The molecule has 19 heavy (non-hydrogen) atoms. The Kier molecular flexibility index (Phi) is 3.11. The van der Waals surface area contributed by atoms with Gasteiger partial charge in [-0.2, -0.15) is 0 Å². The molecule has 2 aliphatic rings. The van der Waals surface area contributed by atoms with Crippen LogP contribution in [0, 0.1) is 0 Å². The molecule has 3 rings (SSSR count). The summed E-state index contributed by atoms with van der Waals surface area (Å²) in [6.45, 7) is 7.01. The predicted molar refractivity (Wildman–Crippen MR) is 74.1 cm³/mol. The van der Waals surface area contributed by atoms with Crippen LogP contribution in [0.4, 0.5) is 0 Å². The first-order valence-electron chi connectivity index (χ1n) is 6.84. The Bertz CT molecular complexity index is 487. The molecule has 2 aliphatic heterocycles. The van der Waals surface area contributed by atoms with Gasteiger partial charge in [-0.05, 0) is 5.56 Å². The summed E-state index contributed by atoms with van der Waals surface area (Å²) in [5.41, 5.74) is 1.04. The Morgan fingerprint density at radius 3 is 2.63 bits per heavy atom. The van der Waals surface area contributed by atoms with Crippen molar-refractivity contribution in [3.05, 3.63) is 35.9 Å². The van der Waals surface area contributed by atoms with Crippen molar-refractivity contribution in [2.75, 3.05) is 19.6 Å². The van der Waals surface area contributed by atoms with Crippen LogP contribution in [0.25, 0.3) is 0 Å². The van der Waals surface area contributed by atoms with Crippen molar-refractivity contribution in [3.8, 4) is 0 Å². The van der Waals surface area contributed by atoms with Crippen molar-refractivity contribution in [2.45, 2.75) is 25.0 Å². The second-order valence-electron chi connectivity index (χ2n) is 5.47. The summed E-state index contributed by atoms with van der Waals surface area (Å²) in [7, 11) is 0. The van der Waals surface area contributed by atoms with Gasteiger partial charge in [0.15, 0.2) is 0 Å². The smallest absolute Gasteiger partial charge is 0.238 e. The van der Waals surface area contributed by atoms with Crippen LogP contribution in [0.2, 0.25) is 0 Å². The molecule has 0 bridgehead atoms. The topological polar surface area (TPSA) is 35.4 Å². The van der Waals surface area contributed by atoms with Gasteiger partial charge in [0.25, 0.3) is 0 Å². The monoisotopic (exact) mass is 258 g/mol. The number of hydrogen-bond donors (Lipinski definition) is 1. The summed E-state index contributed by atoms with van der Waals surface area (Å²) in [5, 5.41) is 3.43. The zero-order valence-electron chi connectivity index (χ0n) is 11.1. The summed E-state index contributed by atoms with van der Waals surface area (Å²) >= 11 is 0. The lowest BCUT2D eigenvalue weighted by Crippen LogP contribution is -2.56. The van der Waals surface area contributed by atoms with E-state index in [4.69, 9.17) is 0 Å². The molecule has 2 fully saturated rings. The lowest BCUT2D eigenvalue weighted by atomic mass is 9.96. The Morgan fingerprint density at radius 2 is 1.95 bits per heavy atom. The minimum atomic E-state index is -0.152. The molecule has 1 aromatic rings. The number of carbonyl (C=O) groups is 1. The Labute approximate surface area is 113 Å². The number of benzene rings is 1. The highest BCUT2D eigenvalue weighted by atomic mass is 16.2. The summed E-state index contributed by atoms with van der Waals surface area (Å²) in [6.07, 6.45) is 1.91. The molecule has 0 aliphatic carbocycles. The van der Waals surface area contributed by atoms with Crippen molar-refractivity contribution in [3.63, 3.8) is 0 Å². The normalized spacial score (nSPS) is 22.2. The van der Waals surface area contributed by atoms with Gasteiger partial charge in [0.1, 0.15) is 25.5 Å². The van der Waals surface area contributed by atoms with E-state index in [0.717, 1.165) is 25.9 Å². The van der Waals surface area contributed by atoms with Crippen LogP contribution in [0.1, 0.15) is 18.4 Å². The van der Waals surface area contributed by atoms with Gasteiger partial charge >= 0.3 is 0 Å². The molecular formula is C15H20N3O+. The third-order valence-corrected chi connectivity index (χ3v) is 4.25. The van der Waals surface area contributed by atoms with E-state index in [-0.39, 0.29) is 11.6 Å². The SMILES string of the molecule is C=[N+]1CCC2(CC1)NCC(=O)N2Cc1ccccc1. The largest absolute Gasteiger partial charge is 0.318 e. The van der Waals surface area contributed by atoms with E-state index in [1.807, 2.05) is 23.1 Å². The van der Waals surface area contributed by atoms with Gasteiger partial charge in [-0.3, -0.25) is 10.1 Å². The summed E-state index contributed by atoms with van der Waals surface area (Å²) in [6, 6.07) is 10.2. The van der Waals surface area contributed by atoms with Crippen molar-refractivity contribution in [1.82, 2.24) is 10.2 Å². The van der Waals surface area contributed by atoms with E-state index in [2.05, 4.69) is 28.7 Å². The van der Waals surface area contributed by atoms with Crippen LogP contribution in [-0.4, -0.2) is 47.4 Å². The molecule has 100 valence electrons. The zero-order chi connectivity index (χ0) is 13.3. The number of piperidine rings is 1. The second kappa shape index (κ2) is 4.78. The van der Waals surface area contributed by atoms with Crippen molar-refractivity contribution in [1.29, 1.82) is 0 Å². The molecule has 0 atom stereocenters. The molecule has 1 N–H and O–H groups in total. The molecule has 4 heteroatoms. The van der Waals surface area contributed by atoms with Crippen molar-refractivity contribution >= 4 is 12.6 Å². The number of rotatable bonds is 2. The van der Waals surface area contributed by atoms with Gasteiger partial charge in [-0.15, -0.1) is 0 Å². The van der Waals surface area contributed by atoms with Gasteiger partial charge in [-0.25, -0.2) is 4.58 Å². The maximum absolute atomic E-state index is 12.2. The van der Waals surface area contributed by atoms with Crippen LogP contribution in [0.5, 0.6) is 0 Å². The average Bonchev–Trinajstić information content (AvgIpc) is 2.73. The second-order valence-corrected chi connectivity index (χ2v) is 5.47. The molecule has 0 radical (unpaired) electrons. The standard InChI is InChI=1S/C15H20N3O/c1-17-9-7-15(8-10-17)16-11-14(19)18(15)12-13-5-3-2-4-6-13/h2-6,16H,1,7-12H2/q+1. The Morgan fingerprint density at radius 1 is 1.26 bits per heavy atom. The number of nitrogens with one attached hydrogen (secondary N) is 1. The molecule has 0 saturated carbocycles. The first-order valence-corrected chi connectivity index (χ1v) is 6.84. The molecule has 1 amide bonds. The summed E-state index contributed by atoms with van der Waals surface area (Å²) in [5.74, 6) is 0.210. The number of hydrogen-bond acceptors (Lipinski definition) is 2. The molecule has 0 unspecified atom stereocenters. The third-order valence-electron chi connectivity index (χ3n) is 4.25. The first-order chi connectivity index (χ1) is 9.20. The van der Waals surface area contributed by atoms with E-state index in [9.17, 15) is 4.79 Å². The minimum absolute atomic E-state index is 0.152. The van der Waals surface area contributed by atoms with Crippen LogP contribution >= 0.6 is 0 Å². The van der Waals surface area contributed by atoms with Gasteiger partial charge in [0.2, 0.25) is 5.91 Å². The van der Waals surface area contributed by atoms with E-state index in [0.29, 0.717) is 13.1 Å². The Hall–Kier alpha value is -1.68. The van der Waals surface area contributed by atoms with Crippen LogP contribution in [0.3, 0.4) is 0 Å². The molecule has 2 heterocycles. The van der Waals surface area contributed by atoms with Crippen molar-refractivity contribution < 1.29 is 9.37 Å². The van der Waals surface area contributed by atoms with E-state index >= 15 is 0 Å². The first kappa shape index (κ1) is 12.4. The molecule has 1 spiro atoms. The predicted octanol–water partition coefficient (Wildman–Crippen LogP) is 0.822. The average molecular weight is 258 g/mol. The van der Waals surface area contributed by atoms with Gasteiger partial charge in [-0.1, -0.05) is 30.3 Å². The van der Waals surface area contributed by atoms with E-state index in [1.165, 1.54) is 5.56 Å². The van der Waals surface area contributed by atoms with Gasteiger partial charge < -0.3 is 4.90 Å². The molecule has 2 saturated heterocycles.